The van der Waals surface area contributed by atoms with Gasteiger partial charge in [0, 0.05) is 23.1 Å². The largest absolute Gasteiger partial charge is 0.393 e. The van der Waals surface area contributed by atoms with Gasteiger partial charge in [-0.3, -0.25) is 4.90 Å². The van der Waals surface area contributed by atoms with E-state index in [0.717, 1.165) is 38.8 Å². The molecule has 2 aliphatic heterocycles. The molecule has 3 unspecified atom stereocenters. The molecule has 0 saturated carbocycles. The summed E-state index contributed by atoms with van der Waals surface area (Å²) in [4.78, 5) is 6.31. The third kappa shape index (κ3) is 1.95. The average molecular weight is 298 g/mol. The highest BCUT2D eigenvalue weighted by atomic mass is 16.3. The van der Waals surface area contributed by atoms with E-state index in [1.807, 2.05) is 6.92 Å². The quantitative estimate of drug-likeness (QED) is 0.888. The summed E-state index contributed by atoms with van der Waals surface area (Å²) in [6.45, 7) is 6.47. The molecule has 3 heterocycles. The lowest BCUT2D eigenvalue weighted by atomic mass is 9.68. The van der Waals surface area contributed by atoms with Gasteiger partial charge in [-0.05, 0) is 56.2 Å². The summed E-state index contributed by atoms with van der Waals surface area (Å²) in [7, 11) is 0. The van der Waals surface area contributed by atoms with E-state index in [4.69, 9.17) is 0 Å². The van der Waals surface area contributed by atoms with Crippen molar-refractivity contribution in [3.63, 3.8) is 0 Å². The van der Waals surface area contributed by atoms with Crippen molar-refractivity contribution in [2.75, 3.05) is 13.1 Å². The van der Waals surface area contributed by atoms with Crippen LogP contribution in [0.15, 0.2) is 24.3 Å². The minimum atomic E-state index is -0.227. The maximum absolute atomic E-state index is 10.4. The smallest absolute Gasteiger partial charge is 0.0569 e. The van der Waals surface area contributed by atoms with Gasteiger partial charge in [-0.15, -0.1) is 0 Å². The lowest BCUT2D eigenvalue weighted by Gasteiger charge is -2.49. The number of aliphatic hydroxyl groups excluding tert-OH is 1. The van der Waals surface area contributed by atoms with Crippen LogP contribution < -0.4 is 0 Å². The number of hydrogen-bond acceptors (Lipinski definition) is 2. The van der Waals surface area contributed by atoms with Crippen molar-refractivity contribution in [2.45, 2.75) is 51.7 Å². The summed E-state index contributed by atoms with van der Waals surface area (Å²) in [6, 6.07) is 9.11. The molecule has 0 aliphatic carbocycles. The van der Waals surface area contributed by atoms with Crippen molar-refractivity contribution in [3.05, 3.63) is 35.5 Å². The SMILES string of the molecule is CCC1(C(C)O)CCN2CCc3c([nH]c4ccccc34)C2C1. The third-order valence-corrected chi connectivity index (χ3v) is 6.36. The van der Waals surface area contributed by atoms with E-state index in [2.05, 4.69) is 41.1 Å². The molecule has 22 heavy (non-hydrogen) atoms. The second-order valence-corrected chi connectivity index (χ2v) is 7.21. The van der Waals surface area contributed by atoms with Gasteiger partial charge in [0.05, 0.1) is 12.1 Å². The highest BCUT2D eigenvalue weighted by molar-refractivity contribution is 5.85. The molecule has 1 fully saturated rings. The molecule has 2 aromatic rings. The van der Waals surface area contributed by atoms with Crippen LogP contribution in [0.2, 0.25) is 0 Å². The van der Waals surface area contributed by atoms with Gasteiger partial charge < -0.3 is 10.1 Å². The summed E-state index contributed by atoms with van der Waals surface area (Å²) >= 11 is 0. The molecule has 118 valence electrons. The summed E-state index contributed by atoms with van der Waals surface area (Å²) in [5, 5.41) is 11.8. The second-order valence-electron chi connectivity index (χ2n) is 7.21. The van der Waals surface area contributed by atoms with Crippen molar-refractivity contribution in [1.82, 2.24) is 9.88 Å². The van der Waals surface area contributed by atoms with Crippen LogP contribution in [0, 0.1) is 5.41 Å². The van der Waals surface area contributed by atoms with Gasteiger partial charge >= 0.3 is 0 Å². The number of aliphatic hydroxyl groups is 1. The zero-order chi connectivity index (χ0) is 15.3. The standard InChI is InChI=1S/C19H26N2O/c1-3-19(13(2)22)9-11-21-10-8-15-14-6-4-5-7-16(14)20-18(15)17(21)12-19/h4-7,13,17,20,22H,3,8-12H2,1-2H3. The molecule has 3 atom stereocenters. The first-order valence-electron chi connectivity index (χ1n) is 8.66. The molecular formula is C19H26N2O. The Hall–Kier alpha value is -1.32. The third-order valence-electron chi connectivity index (χ3n) is 6.36. The van der Waals surface area contributed by atoms with Gasteiger partial charge in [0.2, 0.25) is 0 Å². The normalized spacial score (nSPS) is 30.0. The molecule has 0 amide bonds. The number of fused-ring (bicyclic) bond motifs is 5. The molecule has 1 aromatic carbocycles. The first-order valence-corrected chi connectivity index (χ1v) is 8.66. The molecule has 3 heteroatoms. The van der Waals surface area contributed by atoms with Crippen molar-refractivity contribution >= 4 is 10.9 Å². The van der Waals surface area contributed by atoms with Crippen LogP contribution in [0.25, 0.3) is 10.9 Å². The van der Waals surface area contributed by atoms with Crippen LogP contribution in [0.5, 0.6) is 0 Å². The first-order chi connectivity index (χ1) is 10.6. The maximum Gasteiger partial charge on any atom is 0.0569 e. The van der Waals surface area contributed by atoms with E-state index in [9.17, 15) is 5.11 Å². The molecule has 3 nitrogen and oxygen atoms in total. The molecule has 0 spiro atoms. The molecule has 1 aromatic heterocycles. The summed E-state index contributed by atoms with van der Waals surface area (Å²) < 4.78 is 0. The number of rotatable bonds is 2. The Bertz CT molecular complexity index is 690. The van der Waals surface area contributed by atoms with Crippen molar-refractivity contribution < 1.29 is 5.11 Å². The molecule has 2 N–H and O–H groups in total. The molecule has 0 bridgehead atoms. The number of nitrogens with one attached hydrogen (secondary N) is 1. The molecular weight excluding hydrogens is 272 g/mol. The van der Waals surface area contributed by atoms with Crippen molar-refractivity contribution in [3.8, 4) is 0 Å². The van der Waals surface area contributed by atoms with Crippen molar-refractivity contribution in [2.24, 2.45) is 5.41 Å². The average Bonchev–Trinajstić information content (AvgIpc) is 2.93. The fourth-order valence-electron chi connectivity index (χ4n) is 4.72. The van der Waals surface area contributed by atoms with Crippen LogP contribution in [-0.2, 0) is 6.42 Å². The molecule has 4 rings (SSSR count). The summed E-state index contributed by atoms with van der Waals surface area (Å²) in [5.74, 6) is 0. The molecule has 1 saturated heterocycles. The zero-order valence-electron chi connectivity index (χ0n) is 13.6. The monoisotopic (exact) mass is 298 g/mol. The van der Waals surface area contributed by atoms with Gasteiger partial charge in [-0.25, -0.2) is 0 Å². The Morgan fingerprint density at radius 1 is 1.36 bits per heavy atom. The predicted molar refractivity (Wildman–Crippen MR) is 90.0 cm³/mol. The lowest BCUT2D eigenvalue weighted by Crippen LogP contribution is -2.49. The van der Waals surface area contributed by atoms with Crippen LogP contribution in [0.1, 0.15) is 50.4 Å². The van der Waals surface area contributed by atoms with E-state index in [1.165, 1.54) is 22.2 Å². The predicted octanol–water partition coefficient (Wildman–Crippen LogP) is 3.64. The minimum absolute atomic E-state index is 0.0765. The zero-order valence-corrected chi connectivity index (χ0v) is 13.6. The maximum atomic E-state index is 10.4. The molecule has 0 radical (unpaired) electrons. The number of benzene rings is 1. The summed E-state index contributed by atoms with van der Waals surface area (Å²) in [5.41, 5.74) is 4.26. The van der Waals surface area contributed by atoms with E-state index in [1.54, 1.807) is 0 Å². The summed E-state index contributed by atoms with van der Waals surface area (Å²) in [6.07, 6.45) is 4.16. The lowest BCUT2D eigenvalue weighted by molar-refractivity contribution is -0.0446. The van der Waals surface area contributed by atoms with Gasteiger partial charge in [0.1, 0.15) is 0 Å². The number of hydrogen-bond donors (Lipinski definition) is 2. The number of H-pyrrole nitrogens is 1. The van der Waals surface area contributed by atoms with Crippen LogP contribution >= 0.6 is 0 Å². The number of para-hydroxylation sites is 1. The van der Waals surface area contributed by atoms with Crippen LogP contribution in [-0.4, -0.2) is 34.2 Å². The Kier molecular flexibility index (Phi) is 3.31. The number of nitrogens with zero attached hydrogens (tertiary/aromatic N) is 1. The highest BCUT2D eigenvalue weighted by Crippen LogP contribution is 2.49. The van der Waals surface area contributed by atoms with Gasteiger partial charge in [-0.2, -0.15) is 0 Å². The molecule has 2 aliphatic rings. The van der Waals surface area contributed by atoms with Gasteiger partial charge in [0.15, 0.2) is 0 Å². The fraction of sp³-hybridized carbons (Fsp3) is 0.579. The highest BCUT2D eigenvalue weighted by Gasteiger charge is 2.44. The van der Waals surface area contributed by atoms with Gasteiger partial charge in [0.25, 0.3) is 0 Å². The number of aromatic nitrogens is 1. The van der Waals surface area contributed by atoms with Gasteiger partial charge in [-0.1, -0.05) is 25.1 Å². The van der Waals surface area contributed by atoms with E-state index in [-0.39, 0.29) is 11.5 Å². The minimum Gasteiger partial charge on any atom is -0.393 e. The second kappa shape index (κ2) is 5.10. The Morgan fingerprint density at radius 2 is 2.18 bits per heavy atom. The number of piperidine rings is 1. The Labute approximate surface area is 132 Å². The van der Waals surface area contributed by atoms with Crippen LogP contribution in [0.3, 0.4) is 0 Å². The van der Waals surface area contributed by atoms with E-state index in [0.29, 0.717) is 6.04 Å². The van der Waals surface area contributed by atoms with E-state index < -0.39 is 0 Å². The Balaban J connectivity index is 1.78. The van der Waals surface area contributed by atoms with Crippen LogP contribution in [0.4, 0.5) is 0 Å². The number of aromatic amines is 1. The fourth-order valence-corrected chi connectivity index (χ4v) is 4.72. The van der Waals surface area contributed by atoms with Crippen molar-refractivity contribution in [1.29, 1.82) is 0 Å². The Morgan fingerprint density at radius 3 is 2.95 bits per heavy atom. The van der Waals surface area contributed by atoms with E-state index >= 15 is 0 Å². The first kappa shape index (κ1) is 14.3. The topological polar surface area (TPSA) is 39.3 Å².